The Morgan fingerprint density at radius 3 is 2.84 bits per heavy atom. The standard InChI is InChI=1S/C18H29N/c1-2-3-4-6-11-16-12-9-10-15-18(16)19-17-13-7-5-8-14-17/h10-11,15,17H,2-9,12-14H2,1H3. The predicted octanol–water partition coefficient (Wildman–Crippen LogP) is 5.62. The quantitative estimate of drug-likeness (QED) is 0.568. The molecule has 2 rings (SSSR count). The van der Waals surface area contributed by atoms with E-state index in [1.807, 2.05) is 0 Å². The molecule has 0 N–H and O–H groups in total. The zero-order chi connectivity index (χ0) is 13.3. The molecular weight excluding hydrogens is 230 g/mol. The smallest absolute Gasteiger partial charge is 0.0603 e. The first kappa shape index (κ1) is 14.6. The number of allylic oxidation sites excluding steroid dienone is 4. The lowest BCUT2D eigenvalue weighted by Gasteiger charge is -2.20. The van der Waals surface area contributed by atoms with Gasteiger partial charge < -0.3 is 0 Å². The van der Waals surface area contributed by atoms with Crippen LogP contribution >= 0.6 is 0 Å². The third kappa shape index (κ3) is 4.97. The SMILES string of the molecule is CCCCCC=C1CCC=CC1=NC1CCCCC1. The summed E-state index contributed by atoms with van der Waals surface area (Å²) in [6.07, 6.45) is 21.4. The molecule has 1 heteroatoms. The monoisotopic (exact) mass is 259 g/mol. The lowest BCUT2D eigenvalue weighted by molar-refractivity contribution is 0.443. The summed E-state index contributed by atoms with van der Waals surface area (Å²) in [5.74, 6) is 0. The average molecular weight is 259 g/mol. The Labute approximate surface area is 118 Å². The van der Waals surface area contributed by atoms with Gasteiger partial charge in [0.05, 0.1) is 11.8 Å². The molecule has 1 fully saturated rings. The van der Waals surface area contributed by atoms with Crippen LogP contribution in [0.1, 0.15) is 77.6 Å². The van der Waals surface area contributed by atoms with Crippen molar-refractivity contribution in [2.24, 2.45) is 4.99 Å². The third-order valence-corrected chi connectivity index (χ3v) is 4.28. The van der Waals surface area contributed by atoms with E-state index < -0.39 is 0 Å². The summed E-state index contributed by atoms with van der Waals surface area (Å²) in [4.78, 5) is 5.04. The highest BCUT2D eigenvalue weighted by molar-refractivity contribution is 6.09. The molecule has 0 saturated heterocycles. The summed E-state index contributed by atoms with van der Waals surface area (Å²) in [6, 6.07) is 0.602. The molecule has 0 amide bonds. The van der Waals surface area contributed by atoms with E-state index in [4.69, 9.17) is 4.99 Å². The van der Waals surface area contributed by atoms with Crippen LogP contribution in [0.3, 0.4) is 0 Å². The first-order chi connectivity index (χ1) is 9.40. The number of hydrogen-bond acceptors (Lipinski definition) is 1. The van der Waals surface area contributed by atoms with Crippen LogP contribution in [0.15, 0.2) is 28.8 Å². The van der Waals surface area contributed by atoms with Crippen molar-refractivity contribution in [3.63, 3.8) is 0 Å². The van der Waals surface area contributed by atoms with Gasteiger partial charge in [0.15, 0.2) is 0 Å². The number of hydrogen-bond donors (Lipinski definition) is 0. The maximum atomic E-state index is 5.04. The molecule has 0 radical (unpaired) electrons. The first-order valence-corrected chi connectivity index (χ1v) is 8.34. The highest BCUT2D eigenvalue weighted by Crippen LogP contribution is 2.24. The van der Waals surface area contributed by atoms with E-state index in [1.165, 1.54) is 81.9 Å². The van der Waals surface area contributed by atoms with Gasteiger partial charge in [0.1, 0.15) is 0 Å². The van der Waals surface area contributed by atoms with Crippen LogP contribution in [-0.2, 0) is 0 Å². The zero-order valence-electron chi connectivity index (χ0n) is 12.5. The minimum atomic E-state index is 0.602. The highest BCUT2D eigenvalue weighted by Gasteiger charge is 2.15. The number of nitrogens with zero attached hydrogens (tertiary/aromatic N) is 1. The fourth-order valence-corrected chi connectivity index (χ4v) is 3.08. The van der Waals surface area contributed by atoms with Crippen molar-refractivity contribution in [1.82, 2.24) is 0 Å². The summed E-state index contributed by atoms with van der Waals surface area (Å²) in [6.45, 7) is 2.27. The second-order valence-electron chi connectivity index (χ2n) is 5.97. The van der Waals surface area contributed by atoms with Crippen molar-refractivity contribution in [3.05, 3.63) is 23.8 Å². The number of rotatable bonds is 5. The van der Waals surface area contributed by atoms with Gasteiger partial charge in [-0.3, -0.25) is 4.99 Å². The van der Waals surface area contributed by atoms with Crippen LogP contribution in [0.5, 0.6) is 0 Å². The van der Waals surface area contributed by atoms with E-state index in [0.717, 1.165) is 0 Å². The van der Waals surface area contributed by atoms with Crippen molar-refractivity contribution in [1.29, 1.82) is 0 Å². The second kappa shape index (κ2) is 8.35. The van der Waals surface area contributed by atoms with E-state index in [0.29, 0.717) is 6.04 Å². The molecule has 2 aliphatic carbocycles. The average Bonchev–Trinajstić information content (AvgIpc) is 2.46. The van der Waals surface area contributed by atoms with Crippen LogP contribution in [0.4, 0.5) is 0 Å². The van der Waals surface area contributed by atoms with Gasteiger partial charge in [-0.15, -0.1) is 0 Å². The molecule has 0 heterocycles. The lowest BCUT2D eigenvalue weighted by atomic mass is 9.93. The Bertz CT molecular complexity index is 343. The van der Waals surface area contributed by atoms with Crippen molar-refractivity contribution >= 4 is 5.71 Å². The Hall–Kier alpha value is -0.850. The molecule has 0 aliphatic heterocycles. The molecular formula is C18H29N. The topological polar surface area (TPSA) is 12.4 Å². The van der Waals surface area contributed by atoms with Gasteiger partial charge in [0.25, 0.3) is 0 Å². The van der Waals surface area contributed by atoms with E-state index in [9.17, 15) is 0 Å². The molecule has 0 aromatic rings. The molecule has 19 heavy (non-hydrogen) atoms. The molecule has 0 aromatic heterocycles. The Morgan fingerprint density at radius 1 is 1.21 bits per heavy atom. The minimum Gasteiger partial charge on any atom is -0.282 e. The fourth-order valence-electron chi connectivity index (χ4n) is 3.08. The van der Waals surface area contributed by atoms with Crippen LogP contribution in [0.25, 0.3) is 0 Å². The maximum Gasteiger partial charge on any atom is 0.0603 e. The summed E-state index contributed by atoms with van der Waals surface area (Å²) in [5.41, 5.74) is 2.82. The molecule has 0 unspecified atom stereocenters. The van der Waals surface area contributed by atoms with Crippen LogP contribution < -0.4 is 0 Å². The number of unbranched alkanes of at least 4 members (excludes halogenated alkanes) is 3. The minimum absolute atomic E-state index is 0.602. The predicted molar refractivity (Wildman–Crippen MR) is 84.9 cm³/mol. The molecule has 1 saturated carbocycles. The summed E-state index contributed by atoms with van der Waals surface area (Å²) < 4.78 is 0. The van der Waals surface area contributed by atoms with Gasteiger partial charge in [-0.25, -0.2) is 0 Å². The molecule has 0 aromatic carbocycles. The summed E-state index contributed by atoms with van der Waals surface area (Å²) >= 11 is 0. The summed E-state index contributed by atoms with van der Waals surface area (Å²) in [7, 11) is 0. The van der Waals surface area contributed by atoms with Gasteiger partial charge >= 0.3 is 0 Å². The second-order valence-corrected chi connectivity index (χ2v) is 5.97. The molecule has 1 nitrogen and oxygen atoms in total. The fraction of sp³-hybridized carbons (Fsp3) is 0.722. The first-order valence-electron chi connectivity index (χ1n) is 8.34. The number of aliphatic imine (C=N–C) groups is 1. The highest BCUT2D eigenvalue weighted by atomic mass is 14.8. The van der Waals surface area contributed by atoms with E-state index in [-0.39, 0.29) is 0 Å². The van der Waals surface area contributed by atoms with Gasteiger partial charge in [-0.2, -0.15) is 0 Å². The normalized spacial score (nSPS) is 25.3. The van der Waals surface area contributed by atoms with E-state index in [1.54, 1.807) is 0 Å². The van der Waals surface area contributed by atoms with Crippen molar-refractivity contribution in [2.75, 3.05) is 0 Å². The molecule has 0 atom stereocenters. The molecule has 2 aliphatic rings. The van der Waals surface area contributed by atoms with Crippen molar-refractivity contribution in [2.45, 2.75) is 83.6 Å². The van der Waals surface area contributed by atoms with Gasteiger partial charge in [-0.1, -0.05) is 51.2 Å². The molecule has 0 spiro atoms. The molecule has 106 valence electrons. The largest absolute Gasteiger partial charge is 0.282 e. The third-order valence-electron chi connectivity index (χ3n) is 4.28. The summed E-state index contributed by atoms with van der Waals surface area (Å²) in [5, 5.41) is 0. The van der Waals surface area contributed by atoms with Crippen molar-refractivity contribution in [3.8, 4) is 0 Å². The van der Waals surface area contributed by atoms with E-state index in [2.05, 4.69) is 25.2 Å². The molecule has 0 bridgehead atoms. The van der Waals surface area contributed by atoms with Crippen LogP contribution in [-0.4, -0.2) is 11.8 Å². The zero-order valence-corrected chi connectivity index (χ0v) is 12.5. The lowest BCUT2D eigenvalue weighted by Crippen LogP contribution is -2.14. The van der Waals surface area contributed by atoms with Crippen LogP contribution in [0, 0.1) is 0 Å². The maximum absolute atomic E-state index is 5.04. The van der Waals surface area contributed by atoms with Gasteiger partial charge in [-0.05, 0) is 50.2 Å². The van der Waals surface area contributed by atoms with Gasteiger partial charge in [0, 0.05) is 0 Å². The Morgan fingerprint density at radius 2 is 2.05 bits per heavy atom. The Kier molecular flexibility index (Phi) is 6.39. The Balaban J connectivity index is 1.96. The van der Waals surface area contributed by atoms with E-state index >= 15 is 0 Å². The van der Waals surface area contributed by atoms with Crippen LogP contribution in [0.2, 0.25) is 0 Å². The van der Waals surface area contributed by atoms with Gasteiger partial charge in [0.2, 0.25) is 0 Å². The van der Waals surface area contributed by atoms with Crippen molar-refractivity contribution < 1.29 is 0 Å².